The fourth-order valence-electron chi connectivity index (χ4n) is 2.65. The van der Waals surface area contributed by atoms with E-state index in [1.165, 1.54) is 5.56 Å². The quantitative estimate of drug-likeness (QED) is 0.506. The van der Waals surface area contributed by atoms with E-state index in [2.05, 4.69) is 72.6 Å². The molecular weight excluding hydrogens is 395 g/mol. The lowest BCUT2D eigenvalue weighted by atomic mass is 9.90. The standard InChI is InChI=1S/C17H18ClIN2/c1-16(2,3)13-12(19)14(18)21-15(20-13)17(9-10-17)11-7-5-4-6-8-11/h4-8H,9-10H2,1-3H3. The molecule has 1 fully saturated rings. The predicted molar refractivity (Wildman–Crippen MR) is 94.9 cm³/mol. The molecule has 0 spiro atoms. The molecule has 0 bridgehead atoms. The Morgan fingerprint density at radius 2 is 1.71 bits per heavy atom. The Balaban J connectivity index is 2.14. The van der Waals surface area contributed by atoms with Gasteiger partial charge in [0.05, 0.1) is 14.7 Å². The van der Waals surface area contributed by atoms with Crippen LogP contribution in [0, 0.1) is 3.57 Å². The first-order valence-corrected chi connectivity index (χ1v) is 8.60. The summed E-state index contributed by atoms with van der Waals surface area (Å²) in [5.41, 5.74) is 2.27. The lowest BCUT2D eigenvalue weighted by Crippen LogP contribution is -2.22. The number of benzene rings is 1. The molecule has 2 aromatic rings. The number of rotatable bonds is 2. The smallest absolute Gasteiger partial charge is 0.146 e. The summed E-state index contributed by atoms with van der Waals surface area (Å²) in [5.74, 6) is 0.879. The van der Waals surface area contributed by atoms with Gasteiger partial charge < -0.3 is 0 Å². The van der Waals surface area contributed by atoms with E-state index in [1.54, 1.807) is 0 Å². The van der Waals surface area contributed by atoms with Gasteiger partial charge in [0.25, 0.3) is 0 Å². The van der Waals surface area contributed by atoms with Gasteiger partial charge in [0.15, 0.2) is 0 Å². The van der Waals surface area contributed by atoms with Crippen LogP contribution in [0.25, 0.3) is 0 Å². The van der Waals surface area contributed by atoms with Crippen molar-refractivity contribution in [2.24, 2.45) is 0 Å². The Labute approximate surface area is 144 Å². The first-order valence-electron chi connectivity index (χ1n) is 7.14. The van der Waals surface area contributed by atoms with Crippen molar-refractivity contribution >= 4 is 34.2 Å². The molecule has 0 radical (unpaired) electrons. The van der Waals surface area contributed by atoms with E-state index in [0.29, 0.717) is 5.15 Å². The van der Waals surface area contributed by atoms with E-state index < -0.39 is 0 Å². The molecule has 1 aromatic heterocycles. The second kappa shape index (κ2) is 5.20. The third-order valence-electron chi connectivity index (χ3n) is 4.03. The largest absolute Gasteiger partial charge is 0.235 e. The van der Waals surface area contributed by atoms with Crippen LogP contribution in [0.1, 0.15) is 50.7 Å². The highest BCUT2D eigenvalue weighted by Gasteiger charge is 2.49. The van der Waals surface area contributed by atoms with Gasteiger partial charge in [0.1, 0.15) is 11.0 Å². The topological polar surface area (TPSA) is 25.8 Å². The number of halogens is 2. The van der Waals surface area contributed by atoms with Crippen LogP contribution in [0.4, 0.5) is 0 Å². The molecule has 1 aliphatic rings. The minimum absolute atomic E-state index is 0.0325. The molecule has 0 amide bonds. The zero-order valence-corrected chi connectivity index (χ0v) is 15.4. The van der Waals surface area contributed by atoms with Gasteiger partial charge in [-0.25, -0.2) is 9.97 Å². The summed E-state index contributed by atoms with van der Waals surface area (Å²) in [4.78, 5) is 9.52. The minimum atomic E-state index is -0.0371. The van der Waals surface area contributed by atoms with E-state index in [-0.39, 0.29) is 10.8 Å². The molecule has 0 N–H and O–H groups in total. The van der Waals surface area contributed by atoms with Crippen LogP contribution >= 0.6 is 34.2 Å². The maximum absolute atomic E-state index is 6.39. The highest BCUT2D eigenvalue weighted by molar-refractivity contribution is 14.1. The van der Waals surface area contributed by atoms with E-state index in [9.17, 15) is 0 Å². The fourth-order valence-corrected chi connectivity index (χ4v) is 3.87. The van der Waals surface area contributed by atoms with Crippen LogP contribution in [0.15, 0.2) is 30.3 Å². The van der Waals surface area contributed by atoms with Crippen LogP contribution in [0.5, 0.6) is 0 Å². The summed E-state index contributed by atoms with van der Waals surface area (Å²) >= 11 is 8.64. The summed E-state index contributed by atoms with van der Waals surface area (Å²) in [6, 6.07) is 10.5. The lowest BCUT2D eigenvalue weighted by molar-refractivity contribution is 0.552. The number of nitrogens with zero attached hydrogens (tertiary/aromatic N) is 2. The molecule has 1 heterocycles. The van der Waals surface area contributed by atoms with Gasteiger partial charge in [-0.15, -0.1) is 0 Å². The maximum Gasteiger partial charge on any atom is 0.146 e. The van der Waals surface area contributed by atoms with Gasteiger partial charge in [0, 0.05) is 5.41 Å². The predicted octanol–water partition coefficient (Wildman–Crippen LogP) is 5.11. The SMILES string of the molecule is CC(C)(C)c1nc(C2(c3ccccc3)CC2)nc(Cl)c1I. The summed E-state index contributed by atoms with van der Waals surface area (Å²) in [6.45, 7) is 6.50. The Morgan fingerprint density at radius 3 is 2.24 bits per heavy atom. The second-order valence-corrected chi connectivity index (χ2v) is 8.14. The zero-order chi connectivity index (χ0) is 15.3. The Hall–Kier alpha value is -0.680. The van der Waals surface area contributed by atoms with Crippen LogP contribution in [-0.4, -0.2) is 9.97 Å². The molecule has 2 nitrogen and oxygen atoms in total. The number of hydrogen-bond donors (Lipinski definition) is 0. The number of aromatic nitrogens is 2. The van der Waals surface area contributed by atoms with Gasteiger partial charge in [-0.3, -0.25) is 0 Å². The van der Waals surface area contributed by atoms with Crippen molar-refractivity contribution in [2.45, 2.75) is 44.4 Å². The van der Waals surface area contributed by atoms with Gasteiger partial charge in [0.2, 0.25) is 0 Å². The van der Waals surface area contributed by atoms with Crippen molar-refractivity contribution in [3.8, 4) is 0 Å². The summed E-state index contributed by atoms with van der Waals surface area (Å²) in [5, 5.41) is 0.577. The average Bonchev–Trinajstić information content (AvgIpc) is 3.23. The monoisotopic (exact) mass is 412 g/mol. The van der Waals surface area contributed by atoms with Crippen LogP contribution < -0.4 is 0 Å². The minimum Gasteiger partial charge on any atom is -0.235 e. The Kier molecular flexibility index (Phi) is 3.77. The normalized spacial score (nSPS) is 16.8. The fraction of sp³-hybridized carbons (Fsp3) is 0.412. The molecule has 110 valence electrons. The van der Waals surface area contributed by atoms with Crippen LogP contribution in [0.3, 0.4) is 0 Å². The summed E-state index contributed by atoms with van der Waals surface area (Å²) < 4.78 is 0.967. The highest BCUT2D eigenvalue weighted by atomic mass is 127. The molecule has 0 unspecified atom stereocenters. The second-order valence-electron chi connectivity index (χ2n) is 6.70. The van der Waals surface area contributed by atoms with Crippen LogP contribution in [-0.2, 0) is 10.8 Å². The van der Waals surface area contributed by atoms with E-state index in [1.807, 2.05) is 6.07 Å². The van der Waals surface area contributed by atoms with Gasteiger partial charge in [-0.2, -0.15) is 0 Å². The highest BCUT2D eigenvalue weighted by Crippen LogP contribution is 2.52. The van der Waals surface area contributed by atoms with Gasteiger partial charge >= 0.3 is 0 Å². The first kappa shape index (κ1) is 15.2. The number of hydrogen-bond acceptors (Lipinski definition) is 2. The van der Waals surface area contributed by atoms with Crippen molar-refractivity contribution in [2.75, 3.05) is 0 Å². The average molecular weight is 413 g/mol. The van der Waals surface area contributed by atoms with Crippen molar-refractivity contribution in [3.63, 3.8) is 0 Å². The van der Waals surface area contributed by atoms with Crippen LogP contribution in [0.2, 0.25) is 5.15 Å². The Morgan fingerprint density at radius 1 is 1.10 bits per heavy atom. The molecule has 3 rings (SSSR count). The van der Waals surface area contributed by atoms with Crippen molar-refractivity contribution in [1.29, 1.82) is 0 Å². The first-order chi connectivity index (χ1) is 9.84. The molecule has 0 saturated heterocycles. The molecule has 21 heavy (non-hydrogen) atoms. The molecule has 4 heteroatoms. The molecular formula is C17H18ClIN2. The van der Waals surface area contributed by atoms with E-state index >= 15 is 0 Å². The maximum atomic E-state index is 6.39. The summed E-state index contributed by atoms with van der Waals surface area (Å²) in [7, 11) is 0. The summed E-state index contributed by atoms with van der Waals surface area (Å²) in [6.07, 6.45) is 2.19. The third kappa shape index (κ3) is 2.70. The third-order valence-corrected chi connectivity index (χ3v) is 5.64. The molecule has 1 aromatic carbocycles. The van der Waals surface area contributed by atoms with Gasteiger partial charge in [-0.1, -0.05) is 62.7 Å². The van der Waals surface area contributed by atoms with Crippen molar-refractivity contribution < 1.29 is 0 Å². The Bertz CT molecular complexity index is 673. The van der Waals surface area contributed by atoms with E-state index in [0.717, 1.165) is 27.9 Å². The lowest BCUT2D eigenvalue weighted by Gasteiger charge is -2.23. The molecule has 0 atom stereocenters. The zero-order valence-electron chi connectivity index (χ0n) is 12.5. The van der Waals surface area contributed by atoms with E-state index in [4.69, 9.17) is 16.6 Å². The molecule has 1 aliphatic carbocycles. The molecule has 1 saturated carbocycles. The van der Waals surface area contributed by atoms with Crippen molar-refractivity contribution in [1.82, 2.24) is 9.97 Å². The van der Waals surface area contributed by atoms with Gasteiger partial charge in [-0.05, 0) is 41.0 Å². The van der Waals surface area contributed by atoms with Crippen molar-refractivity contribution in [3.05, 3.63) is 56.1 Å². The molecule has 0 aliphatic heterocycles.